The van der Waals surface area contributed by atoms with Gasteiger partial charge in [0.25, 0.3) is 0 Å². The van der Waals surface area contributed by atoms with Crippen LogP contribution in [0.4, 0.5) is 8.78 Å². The molecule has 0 saturated heterocycles. The van der Waals surface area contributed by atoms with Gasteiger partial charge in [0.15, 0.2) is 11.6 Å². The van der Waals surface area contributed by atoms with Gasteiger partial charge in [-0.15, -0.1) is 11.3 Å². The van der Waals surface area contributed by atoms with Gasteiger partial charge in [0, 0.05) is 11.1 Å². The molecule has 1 aromatic heterocycles. The first-order valence-corrected chi connectivity index (χ1v) is 5.15. The molecular formula is C10H8F2N2S. The van der Waals surface area contributed by atoms with Gasteiger partial charge >= 0.3 is 0 Å². The maximum atomic E-state index is 12.9. The summed E-state index contributed by atoms with van der Waals surface area (Å²) in [5.74, 6) is -1.75. The van der Waals surface area contributed by atoms with Crippen molar-refractivity contribution in [2.45, 2.75) is 6.04 Å². The fourth-order valence-corrected chi connectivity index (χ4v) is 1.90. The first kappa shape index (κ1) is 10.2. The number of hydrogen-bond acceptors (Lipinski definition) is 3. The Hall–Kier alpha value is -1.33. The molecule has 15 heavy (non-hydrogen) atoms. The quantitative estimate of drug-likeness (QED) is 0.854. The van der Waals surface area contributed by atoms with E-state index in [-0.39, 0.29) is 0 Å². The van der Waals surface area contributed by atoms with Gasteiger partial charge in [-0.3, -0.25) is 4.98 Å². The summed E-state index contributed by atoms with van der Waals surface area (Å²) in [4.78, 5) is 4.70. The summed E-state index contributed by atoms with van der Waals surface area (Å²) in [5.41, 5.74) is 8.05. The summed E-state index contributed by atoms with van der Waals surface area (Å²) in [5, 5.41) is 0. The lowest BCUT2D eigenvalue weighted by Crippen LogP contribution is -2.10. The van der Waals surface area contributed by atoms with E-state index in [1.165, 1.54) is 17.4 Å². The van der Waals surface area contributed by atoms with E-state index in [0.29, 0.717) is 5.56 Å². The van der Waals surface area contributed by atoms with Crippen LogP contribution >= 0.6 is 11.3 Å². The normalized spacial score (nSPS) is 12.7. The van der Waals surface area contributed by atoms with Crippen LogP contribution < -0.4 is 5.73 Å². The van der Waals surface area contributed by atoms with Gasteiger partial charge in [-0.2, -0.15) is 0 Å². The zero-order chi connectivity index (χ0) is 10.8. The summed E-state index contributed by atoms with van der Waals surface area (Å²) in [7, 11) is 0. The van der Waals surface area contributed by atoms with Crippen LogP contribution in [-0.4, -0.2) is 4.98 Å². The first-order chi connectivity index (χ1) is 7.18. The van der Waals surface area contributed by atoms with E-state index in [1.54, 1.807) is 11.7 Å². The Labute approximate surface area is 89.4 Å². The highest BCUT2D eigenvalue weighted by atomic mass is 32.1. The van der Waals surface area contributed by atoms with Gasteiger partial charge in [0.1, 0.15) is 0 Å². The molecule has 0 fully saturated rings. The van der Waals surface area contributed by atoms with E-state index in [4.69, 9.17) is 5.73 Å². The fourth-order valence-electron chi connectivity index (χ4n) is 1.25. The number of aromatic nitrogens is 1. The average molecular weight is 226 g/mol. The molecule has 2 nitrogen and oxygen atoms in total. The molecule has 78 valence electrons. The van der Waals surface area contributed by atoms with Crippen molar-refractivity contribution >= 4 is 11.3 Å². The van der Waals surface area contributed by atoms with E-state index >= 15 is 0 Å². The summed E-state index contributed by atoms with van der Waals surface area (Å²) < 4.78 is 25.6. The second-order valence-corrected chi connectivity index (χ2v) is 3.97. The Morgan fingerprint density at radius 3 is 2.67 bits per heavy atom. The van der Waals surface area contributed by atoms with Crippen molar-refractivity contribution in [3.8, 4) is 0 Å². The number of benzene rings is 1. The second kappa shape index (κ2) is 4.04. The van der Waals surface area contributed by atoms with E-state index in [0.717, 1.165) is 17.0 Å². The Balaban J connectivity index is 2.34. The monoisotopic (exact) mass is 226 g/mol. The molecular weight excluding hydrogens is 218 g/mol. The molecule has 0 aliphatic heterocycles. The van der Waals surface area contributed by atoms with Crippen LogP contribution in [-0.2, 0) is 0 Å². The van der Waals surface area contributed by atoms with Crippen LogP contribution in [0, 0.1) is 11.6 Å². The lowest BCUT2D eigenvalue weighted by molar-refractivity contribution is 0.506. The van der Waals surface area contributed by atoms with E-state index in [2.05, 4.69) is 4.98 Å². The predicted octanol–water partition coefficient (Wildman–Crippen LogP) is 2.47. The van der Waals surface area contributed by atoms with Gasteiger partial charge in [0.05, 0.1) is 11.6 Å². The summed E-state index contributed by atoms with van der Waals surface area (Å²) in [6, 6.07) is 3.21. The van der Waals surface area contributed by atoms with Gasteiger partial charge < -0.3 is 5.73 Å². The number of thiazole rings is 1. The minimum atomic E-state index is -0.882. The molecule has 0 radical (unpaired) electrons. The van der Waals surface area contributed by atoms with E-state index in [9.17, 15) is 8.78 Å². The third kappa shape index (κ3) is 2.03. The van der Waals surface area contributed by atoms with Crippen LogP contribution in [0.15, 0.2) is 29.9 Å². The molecule has 1 aromatic carbocycles. The highest BCUT2D eigenvalue weighted by Gasteiger charge is 2.12. The van der Waals surface area contributed by atoms with Crippen LogP contribution in [0.1, 0.15) is 16.5 Å². The number of rotatable bonds is 2. The molecule has 0 bridgehead atoms. The molecule has 2 N–H and O–H groups in total. The molecule has 1 heterocycles. The average Bonchev–Trinajstić information content (AvgIpc) is 2.74. The maximum Gasteiger partial charge on any atom is 0.159 e. The van der Waals surface area contributed by atoms with Crippen molar-refractivity contribution in [3.05, 3.63) is 52.0 Å². The first-order valence-electron chi connectivity index (χ1n) is 4.27. The molecule has 0 saturated carbocycles. The second-order valence-electron chi connectivity index (χ2n) is 3.06. The van der Waals surface area contributed by atoms with Gasteiger partial charge in [0.2, 0.25) is 0 Å². The van der Waals surface area contributed by atoms with E-state index in [1.807, 2.05) is 0 Å². The van der Waals surface area contributed by atoms with Crippen molar-refractivity contribution in [2.75, 3.05) is 0 Å². The molecule has 0 aliphatic rings. The SMILES string of the molecule is NC(c1ccc(F)c(F)c1)c1cncs1. The minimum absolute atomic E-state index is 0.451. The topological polar surface area (TPSA) is 38.9 Å². The van der Waals surface area contributed by atoms with Gasteiger partial charge in [-0.1, -0.05) is 6.07 Å². The molecule has 0 aliphatic carbocycles. The third-order valence-electron chi connectivity index (χ3n) is 2.06. The molecule has 2 aromatic rings. The van der Waals surface area contributed by atoms with Crippen LogP contribution in [0.3, 0.4) is 0 Å². The third-order valence-corrected chi connectivity index (χ3v) is 2.92. The fraction of sp³-hybridized carbons (Fsp3) is 0.100. The molecule has 5 heteroatoms. The smallest absolute Gasteiger partial charge is 0.159 e. The Kier molecular flexibility index (Phi) is 2.75. The largest absolute Gasteiger partial charge is 0.320 e. The minimum Gasteiger partial charge on any atom is -0.320 e. The van der Waals surface area contributed by atoms with E-state index < -0.39 is 17.7 Å². The maximum absolute atomic E-state index is 12.9. The Bertz CT molecular complexity index is 456. The lowest BCUT2D eigenvalue weighted by Gasteiger charge is -2.09. The zero-order valence-corrected chi connectivity index (χ0v) is 8.47. The van der Waals surface area contributed by atoms with Crippen molar-refractivity contribution in [1.82, 2.24) is 4.98 Å². The zero-order valence-electron chi connectivity index (χ0n) is 7.65. The standard InChI is InChI=1S/C10H8F2N2S/c11-7-2-1-6(3-8(7)12)10(13)9-4-14-5-15-9/h1-5,10H,13H2. The summed E-state index contributed by atoms with van der Waals surface area (Å²) >= 11 is 1.38. The lowest BCUT2D eigenvalue weighted by atomic mass is 10.1. The summed E-state index contributed by atoms with van der Waals surface area (Å²) in [6.07, 6.45) is 1.62. The molecule has 0 amide bonds. The highest BCUT2D eigenvalue weighted by Crippen LogP contribution is 2.23. The summed E-state index contributed by atoms with van der Waals surface area (Å²) in [6.45, 7) is 0. The van der Waals surface area contributed by atoms with Crippen molar-refractivity contribution in [3.63, 3.8) is 0 Å². The number of hydrogen-bond donors (Lipinski definition) is 1. The van der Waals surface area contributed by atoms with Gasteiger partial charge in [-0.25, -0.2) is 8.78 Å². The molecule has 1 unspecified atom stereocenters. The van der Waals surface area contributed by atoms with Crippen LogP contribution in [0.2, 0.25) is 0 Å². The molecule has 0 spiro atoms. The predicted molar refractivity (Wildman–Crippen MR) is 54.5 cm³/mol. The number of nitrogens with two attached hydrogens (primary N) is 1. The number of halogens is 2. The molecule has 1 atom stereocenters. The highest BCUT2D eigenvalue weighted by molar-refractivity contribution is 7.09. The van der Waals surface area contributed by atoms with Crippen molar-refractivity contribution in [2.24, 2.45) is 5.73 Å². The van der Waals surface area contributed by atoms with Gasteiger partial charge in [-0.05, 0) is 17.7 Å². The Morgan fingerprint density at radius 2 is 2.07 bits per heavy atom. The number of nitrogens with zero attached hydrogens (tertiary/aromatic N) is 1. The van der Waals surface area contributed by atoms with Crippen molar-refractivity contribution < 1.29 is 8.78 Å². The van der Waals surface area contributed by atoms with Crippen LogP contribution in [0.5, 0.6) is 0 Å². The molecule has 2 rings (SSSR count). The Morgan fingerprint density at radius 1 is 1.27 bits per heavy atom. The van der Waals surface area contributed by atoms with Crippen molar-refractivity contribution in [1.29, 1.82) is 0 Å². The van der Waals surface area contributed by atoms with Crippen LogP contribution in [0.25, 0.3) is 0 Å².